The zero-order chi connectivity index (χ0) is 18.5. The second-order valence-electron chi connectivity index (χ2n) is 6.24. The van der Waals surface area contributed by atoms with Crippen LogP contribution in [0.3, 0.4) is 0 Å². The predicted molar refractivity (Wildman–Crippen MR) is 96.5 cm³/mol. The third kappa shape index (κ3) is 3.84. The quantitative estimate of drug-likeness (QED) is 0.825. The maximum absolute atomic E-state index is 12.3. The zero-order valence-corrected chi connectivity index (χ0v) is 14.8. The van der Waals surface area contributed by atoms with Crippen LogP contribution in [-0.4, -0.2) is 70.4 Å². The van der Waals surface area contributed by atoms with E-state index in [1.807, 2.05) is 31.2 Å². The minimum absolute atomic E-state index is 0.0132. The molecule has 0 unspecified atom stereocenters. The fourth-order valence-corrected chi connectivity index (χ4v) is 3.09. The average Bonchev–Trinajstić information content (AvgIpc) is 3.11. The molecule has 1 aliphatic heterocycles. The highest BCUT2D eigenvalue weighted by Gasteiger charge is 2.23. The summed E-state index contributed by atoms with van der Waals surface area (Å²) in [5.74, 6) is -0.190. The number of aromatic amines is 1. The summed E-state index contributed by atoms with van der Waals surface area (Å²) in [7, 11) is 0. The molecule has 0 atom stereocenters. The molecule has 8 nitrogen and oxygen atoms in total. The Balaban J connectivity index is 1.45. The molecule has 1 aromatic heterocycles. The van der Waals surface area contributed by atoms with Crippen molar-refractivity contribution in [1.82, 2.24) is 25.3 Å². The summed E-state index contributed by atoms with van der Waals surface area (Å²) >= 11 is 0. The number of carbonyl (C=O) groups excluding carboxylic acids is 3. The average molecular weight is 357 g/mol. The number of para-hydroxylation sites is 1. The van der Waals surface area contributed by atoms with Crippen LogP contribution in [0.15, 0.2) is 24.3 Å². The number of carbonyl (C=O) groups is 3. The summed E-state index contributed by atoms with van der Waals surface area (Å²) in [4.78, 5) is 39.7. The molecule has 0 spiro atoms. The lowest BCUT2D eigenvalue weighted by Gasteiger charge is -2.34. The van der Waals surface area contributed by atoms with Gasteiger partial charge in [0.05, 0.1) is 5.52 Å². The monoisotopic (exact) mass is 357 g/mol. The Morgan fingerprint density at radius 3 is 2.42 bits per heavy atom. The molecule has 3 amide bonds. The molecule has 1 aromatic carbocycles. The van der Waals surface area contributed by atoms with E-state index in [-0.39, 0.29) is 30.7 Å². The number of hydrogen-bond acceptors (Lipinski definition) is 4. The SMILES string of the molecule is CCC(=O)N1CCN(C(=O)CCNC(=O)c2n[nH]c3ccccc23)CC1. The van der Waals surface area contributed by atoms with Crippen LogP contribution in [-0.2, 0) is 9.59 Å². The molecule has 0 bridgehead atoms. The Morgan fingerprint density at radius 1 is 1.08 bits per heavy atom. The molecule has 2 heterocycles. The van der Waals surface area contributed by atoms with E-state index in [1.54, 1.807) is 9.80 Å². The largest absolute Gasteiger partial charge is 0.350 e. The first-order chi connectivity index (χ1) is 12.6. The van der Waals surface area contributed by atoms with Crippen molar-refractivity contribution >= 4 is 28.6 Å². The number of nitrogens with one attached hydrogen (secondary N) is 2. The van der Waals surface area contributed by atoms with Gasteiger partial charge in [0.2, 0.25) is 11.8 Å². The number of H-pyrrole nitrogens is 1. The molecular weight excluding hydrogens is 334 g/mol. The first-order valence-corrected chi connectivity index (χ1v) is 8.87. The van der Waals surface area contributed by atoms with Crippen molar-refractivity contribution in [3.8, 4) is 0 Å². The number of amides is 3. The third-order valence-corrected chi connectivity index (χ3v) is 4.60. The van der Waals surface area contributed by atoms with Crippen LogP contribution in [0.25, 0.3) is 10.9 Å². The first-order valence-electron chi connectivity index (χ1n) is 8.87. The maximum Gasteiger partial charge on any atom is 0.272 e. The Bertz CT molecular complexity index is 808. The van der Waals surface area contributed by atoms with Crippen LogP contribution in [0.4, 0.5) is 0 Å². The smallest absolute Gasteiger partial charge is 0.272 e. The minimum atomic E-state index is -0.298. The number of benzene rings is 1. The molecule has 0 radical (unpaired) electrons. The summed E-state index contributed by atoms with van der Waals surface area (Å²) in [5.41, 5.74) is 1.13. The molecule has 1 fully saturated rings. The van der Waals surface area contributed by atoms with Crippen LogP contribution < -0.4 is 5.32 Å². The van der Waals surface area contributed by atoms with E-state index in [0.29, 0.717) is 38.3 Å². The van der Waals surface area contributed by atoms with Gasteiger partial charge in [-0.3, -0.25) is 19.5 Å². The van der Waals surface area contributed by atoms with E-state index in [9.17, 15) is 14.4 Å². The van der Waals surface area contributed by atoms with E-state index in [4.69, 9.17) is 0 Å². The van der Waals surface area contributed by atoms with Crippen LogP contribution in [0, 0.1) is 0 Å². The fourth-order valence-electron chi connectivity index (χ4n) is 3.09. The Hall–Kier alpha value is -2.90. The Kier molecular flexibility index (Phi) is 5.50. The highest BCUT2D eigenvalue weighted by Crippen LogP contribution is 2.14. The molecule has 0 saturated carbocycles. The Labute approximate surface area is 151 Å². The number of hydrogen-bond donors (Lipinski definition) is 2. The lowest BCUT2D eigenvalue weighted by atomic mass is 10.2. The van der Waals surface area contributed by atoms with Crippen molar-refractivity contribution < 1.29 is 14.4 Å². The standard InChI is InChI=1S/C18H23N5O3/c1-2-15(24)22-9-11-23(12-10-22)16(25)7-8-19-18(26)17-13-5-3-4-6-14(13)20-21-17/h3-6H,2,7-12H2,1H3,(H,19,26)(H,20,21). The van der Waals surface area contributed by atoms with Crippen molar-refractivity contribution in [2.45, 2.75) is 19.8 Å². The van der Waals surface area contributed by atoms with Gasteiger partial charge in [0.25, 0.3) is 5.91 Å². The number of rotatable bonds is 5. The molecule has 1 saturated heterocycles. The van der Waals surface area contributed by atoms with Crippen molar-refractivity contribution in [1.29, 1.82) is 0 Å². The minimum Gasteiger partial charge on any atom is -0.350 e. The van der Waals surface area contributed by atoms with Gasteiger partial charge < -0.3 is 15.1 Å². The topological polar surface area (TPSA) is 98.4 Å². The molecule has 8 heteroatoms. The summed E-state index contributed by atoms with van der Waals surface area (Å²) < 4.78 is 0. The normalized spacial score (nSPS) is 14.5. The third-order valence-electron chi connectivity index (χ3n) is 4.60. The Morgan fingerprint density at radius 2 is 1.73 bits per heavy atom. The fraction of sp³-hybridized carbons (Fsp3) is 0.444. The number of piperazine rings is 1. The second kappa shape index (κ2) is 7.99. The van der Waals surface area contributed by atoms with E-state index >= 15 is 0 Å². The van der Waals surface area contributed by atoms with Gasteiger partial charge in [-0.05, 0) is 6.07 Å². The van der Waals surface area contributed by atoms with E-state index in [1.165, 1.54) is 0 Å². The maximum atomic E-state index is 12.3. The van der Waals surface area contributed by atoms with Crippen LogP contribution in [0.1, 0.15) is 30.3 Å². The molecule has 2 N–H and O–H groups in total. The van der Waals surface area contributed by atoms with Crippen molar-refractivity contribution in [2.75, 3.05) is 32.7 Å². The van der Waals surface area contributed by atoms with Crippen molar-refractivity contribution in [2.24, 2.45) is 0 Å². The highest BCUT2D eigenvalue weighted by atomic mass is 16.2. The van der Waals surface area contributed by atoms with Gasteiger partial charge in [0.15, 0.2) is 5.69 Å². The second-order valence-corrected chi connectivity index (χ2v) is 6.24. The van der Waals surface area contributed by atoms with Crippen LogP contribution in [0.5, 0.6) is 0 Å². The van der Waals surface area contributed by atoms with E-state index in [2.05, 4.69) is 15.5 Å². The molecule has 26 heavy (non-hydrogen) atoms. The summed E-state index contributed by atoms with van der Waals surface area (Å²) in [5, 5.41) is 10.4. The van der Waals surface area contributed by atoms with E-state index < -0.39 is 0 Å². The van der Waals surface area contributed by atoms with Gasteiger partial charge in [-0.2, -0.15) is 5.10 Å². The summed E-state index contributed by atoms with van der Waals surface area (Å²) in [6, 6.07) is 7.40. The number of nitrogens with zero attached hydrogens (tertiary/aromatic N) is 3. The van der Waals surface area contributed by atoms with Gasteiger partial charge >= 0.3 is 0 Å². The van der Waals surface area contributed by atoms with Crippen LogP contribution >= 0.6 is 0 Å². The molecule has 138 valence electrons. The van der Waals surface area contributed by atoms with Gasteiger partial charge in [0, 0.05) is 51.0 Å². The molecule has 3 rings (SSSR count). The first kappa shape index (κ1) is 17.9. The van der Waals surface area contributed by atoms with Gasteiger partial charge in [-0.1, -0.05) is 25.1 Å². The van der Waals surface area contributed by atoms with E-state index in [0.717, 1.165) is 10.9 Å². The summed E-state index contributed by atoms with van der Waals surface area (Å²) in [6.07, 6.45) is 0.720. The molecular formula is C18H23N5O3. The number of aromatic nitrogens is 2. The summed E-state index contributed by atoms with van der Waals surface area (Å²) in [6.45, 7) is 4.33. The van der Waals surface area contributed by atoms with Crippen molar-refractivity contribution in [3.05, 3.63) is 30.0 Å². The lowest BCUT2D eigenvalue weighted by Crippen LogP contribution is -2.50. The van der Waals surface area contributed by atoms with Gasteiger partial charge in [0.1, 0.15) is 0 Å². The van der Waals surface area contributed by atoms with Crippen LogP contribution in [0.2, 0.25) is 0 Å². The predicted octanol–water partition coefficient (Wildman–Crippen LogP) is 0.764. The van der Waals surface area contributed by atoms with Gasteiger partial charge in [-0.15, -0.1) is 0 Å². The molecule has 2 aromatic rings. The van der Waals surface area contributed by atoms with Gasteiger partial charge in [-0.25, -0.2) is 0 Å². The van der Waals surface area contributed by atoms with Crippen molar-refractivity contribution in [3.63, 3.8) is 0 Å². The number of fused-ring (bicyclic) bond motifs is 1. The highest BCUT2D eigenvalue weighted by molar-refractivity contribution is 6.04. The molecule has 0 aliphatic carbocycles. The molecule has 1 aliphatic rings. The lowest BCUT2D eigenvalue weighted by molar-refractivity contribution is -0.139. The zero-order valence-electron chi connectivity index (χ0n) is 14.8.